The first-order valence-electron chi connectivity index (χ1n) is 54.3. The van der Waals surface area contributed by atoms with Gasteiger partial charge in [0.25, 0.3) is 0 Å². The van der Waals surface area contributed by atoms with Gasteiger partial charge in [0.05, 0.1) is 68.5 Å². The van der Waals surface area contributed by atoms with Crippen molar-refractivity contribution < 1.29 is 62.1 Å². The van der Waals surface area contributed by atoms with Gasteiger partial charge in [0.15, 0.2) is 17.3 Å². The van der Waals surface area contributed by atoms with Gasteiger partial charge in [-0.2, -0.15) is 0 Å². The highest BCUT2D eigenvalue weighted by molar-refractivity contribution is 6.06. The molecule has 1 aromatic rings. The summed E-state index contributed by atoms with van der Waals surface area (Å²) in [5, 5.41) is 9.51. The first-order chi connectivity index (χ1) is 63.6. The van der Waals surface area contributed by atoms with Crippen LogP contribution in [0.3, 0.4) is 0 Å². The summed E-state index contributed by atoms with van der Waals surface area (Å²) >= 11 is 0. The van der Waals surface area contributed by atoms with E-state index in [1.165, 1.54) is 16.7 Å². The lowest BCUT2D eigenvalue weighted by atomic mass is 9.33. The van der Waals surface area contributed by atoms with E-state index in [0.29, 0.717) is 63.1 Å². The Kier molecular flexibility index (Phi) is 28.4. The van der Waals surface area contributed by atoms with E-state index in [9.17, 15) is 43.2 Å². The zero-order chi connectivity index (χ0) is 99.2. The minimum atomic E-state index is -0.631. The van der Waals surface area contributed by atoms with Gasteiger partial charge in [0, 0.05) is 61.4 Å². The summed E-state index contributed by atoms with van der Waals surface area (Å²) in [6.07, 6.45) is 39.3. The molecule has 2 heterocycles. The zero-order valence-corrected chi connectivity index (χ0v) is 89.6. The third kappa shape index (κ3) is 16.7. The largest absolute Gasteiger partial charge is 0.469 e. The number of esters is 3. The van der Waals surface area contributed by atoms with Crippen LogP contribution in [0.5, 0.6) is 0 Å². The van der Waals surface area contributed by atoms with Gasteiger partial charge in [-0.3, -0.25) is 53.0 Å². The smallest absolute Gasteiger partial charge is 0.312 e. The molecule has 758 valence electrons. The minimum Gasteiger partial charge on any atom is -0.469 e. The van der Waals surface area contributed by atoms with Crippen LogP contribution in [0.2, 0.25) is 0 Å². The topological polar surface area (TPSA) is 246 Å². The predicted molar refractivity (Wildman–Crippen MR) is 536 cm³/mol. The standard InChI is InChI=1S/C39H62N2O5.C39H56N2O4.C39H64N2O4/c1-34(2)14-16-39(33(44)45-8)17-15-37(6)27(28(39)25-34)10-11-30-36(5)24-26(31(42)35(3,4)29(36)12-13-38(30,37)7)32(43)40-18-9-19-41-20-22-46-23-21-41;1-34(2)16-18-39(33(44)45-8)19-17-37(6)27(28(39)23-34)11-12-30-36(5)22-26(32(43)41-21-14-25-10-9-20-40-24-25)31(42)35(3,4)29(36)13-15-38(30,37)7;1-11-41(12-2)23-13-22-40-32(43)26-24-36(7)29(35(5,6)31(26)42)16-17-38(9)30(36)15-14-27-28-25-34(3,4)18-20-39(28,33(44)45-10)21-19-37(27,38)8/h10,26,28-30H,9,11-25H2,1-8H3,(H,40,43);9-11,20,24,26,28-30H,12-19,21-23H2,1-8H3,(H,41,43);14,26,28-30H,11-13,15-25H2,1-10H3,(H,40,43)/t3*26?,28?,29?,30?,36-,37+,38+,39-/m000/s1. The van der Waals surface area contributed by atoms with Crippen molar-refractivity contribution in [2.75, 3.05) is 93.4 Å². The molecule has 1 aliphatic heterocycles. The Morgan fingerprint density at radius 2 is 0.743 bits per heavy atom. The number of nitrogens with one attached hydrogen (secondary N) is 3. The number of hydrogen-bond donors (Lipinski definition) is 3. The lowest BCUT2D eigenvalue weighted by Gasteiger charge is -2.71. The van der Waals surface area contributed by atoms with Gasteiger partial charge in [-0.25, -0.2) is 0 Å². The molecule has 136 heavy (non-hydrogen) atoms. The van der Waals surface area contributed by atoms with Gasteiger partial charge in [-0.1, -0.05) is 200 Å². The molecule has 0 aromatic carbocycles. The number of morpholine rings is 1. The number of aromatic nitrogens is 1. The van der Waals surface area contributed by atoms with Crippen molar-refractivity contribution in [2.24, 2.45) is 168 Å². The van der Waals surface area contributed by atoms with Gasteiger partial charge < -0.3 is 39.8 Å². The fourth-order valence-electron chi connectivity index (χ4n) is 36.7. The molecule has 1 aromatic heterocycles. The van der Waals surface area contributed by atoms with E-state index in [2.05, 4.69) is 208 Å². The Bertz CT molecular complexity index is 4820. The Balaban J connectivity index is 0.000000155. The number of rotatable bonds is 19. The molecule has 16 aliphatic rings. The number of ketones is 3. The molecule has 15 aliphatic carbocycles. The third-order valence-corrected chi connectivity index (χ3v) is 45.2. The molecule has 3 amide bonds. The van der Waals surface area contributed by atoms with Crippen LogP contribution in [0.4, 0.5) is 0 Å². The fraction of sp³-hybridized carbons (Fsp3) is 0.829. The van der Waals surface area contributed by atoms with Crippen LogP contribution in [0.1, 0.15) is 351 Å². The third-order valence-electron chi connectivity index (χ3n) is 45.2. The number of amides is 3. The molecule has 12 unspecified atom stereocenters. The van der Waals surface area contributed by atoms with Crippen molar-refractivity contribution in [3.8, 4) is 0 Å². The van der Waals surface area contributed by atoms with E-state index in [0.717, 1.165) is 225 Å². The highest BCUT2D eigenvalue weighted by Crippen LogP contribution is 2.81. The van der Waals surface area contributed by atoms with Crippen LogP contribution >= 0.6 is 0 Å². The number of methoxy groups -OCH3 is 3. The van der Waals surface area contributed by atoms with Gasteiger partial charge in [0.2, 0.25) is 17.7 Å². The second-order valence-corrected chi connectivity index (χ2v) is 53.8. The number of hydrogen-bond acceptors (Lipinski definition) is 16. The first kappa shape index (κ1) is 104. The SMILES string of the molecule is CCN(CC)CCCNC(=O)C1C[C@@]2(C)C(CC[C@]3(C)C2CC=C2C4CC(C)(C)CC[C@]4(C(=O)OC)CC[C@]23C)C(C)(C)C1=O.COC(=O)[C@]12CCC(C)(C)CC1C1=CCC3[C@@]4(C)CC(C(=O)NCCCN5CCOCC5)C(=O)C(C)(C)C4CC[C@@]3(C)[C@]1(C)CC2.COC(=O)[C@]12CCC(C)(C)CC1C1=CCC3[C@@]4(C)CC(C(=O)NCCc5cccnc5)C(=O)C(C)(C)C4CC[C@@]3(C)[C@]1(C)CC2. The summed E-state index contributed by atoms with van der Waals surface area (Å²) in [7, 11) is 4.70. The normalized spacial score (nSPS) is 42.1. The summed E-state index contributed by atoms with van der Waals surface area (Å²) < 4.78 is 22.1. The number of ether oxygens (including phenoxy) is 4. The van der Waals surface area contributed by atoms with E-state index in [4.69, 9.17) is 18.9 Å². The predicted octanol–water partition coefficient (Wildman–Crippen LogP) is 21.7. The molecular weight excluding hydrogens is 1700 g/mol. The number of pyridine rings is 1. The number of carbonyl (C=O) groups excluding carboxylic acids is 9. The lowest BCUT2D eigenvalue weighted by molar-refractivity contribution is -0.197. The van der Waals surface area contributed by atoms with Gasteiger partial charge in [-0.15, -0.1) is 0 Å². The fourth-order valence-corrected chi connectivity index (χ4v) is 36.7. The lowest BCUT2D eigenvalue weighted by Crippen LogP contribution is -2.66. The second kappa shape index (κ2) is 37.0. The van der Waals surface area contributed by atoms with Crippen LogP contribution < -0.4 is 16.0 Å². The van der Waals surface area contributed by atoms with Crippen LogP contribution in [-0.2, 0) is 68.5 Å². The average molecular weight is 1880 g/mol. The van der Waals surface area contributed by atoms with Crippen LogP contribution in [0, 0.1) is 168 Å². The zero-order valence-electron chi connectivity index (χ0n) is 89.6. The van der Waals surface area contributed by atoms with Gasteiger partial charge in [-0.05, 0) is 349 Å². The van der Waals surface area contributed by atoms with Crippen molar-refractivity contribution in [2.45, 2.75) is 352 Å². The van der Waals surface area contributed by atoms with E-state index in [1.807, 2.05) is 18.3 Å². The van der Waals surface area contributed by atoms with Gasteiger partial charge >= 0.3 is 17.9 Å². The Labute approximate surface area is 819 Å². The number of nitrogens with zero attached hydrogens (tertiary/aromatic N) is 3. The number of Topliss-reactive ketones (excluding diaryl/α,β-unsaturated/α-hetero) is 3. The molecular formula is C117H182N6O13. The molecule has 0 bridgehead atoms. The number of fused-ring (bicyclic) bond motifs is 21. The molecule has 12 saturated carbocycles. The van der Waals surface area contributed by atoms with Gasteiger partial charge in [0.1, 0.15) is 0 Å². The molecule has 3 N–H and O–H groups in total. The van der Waals surface area contributed by atoms with Crippen molar-refractivity contribution in [1.29, 1.82) is 0 Å². The number of allylic oxidation sites excluding steroid dienone is 6. The number of carbonyl (C=O) groups is 9. The summed E-state index contributed by atoms with van der Waals surface area (Å²) in [6.45, 7) is 62.8. The summed E-state index contributed by atoms with van der Waals surface area (Å²) in [5.41, 5.74) is 2.89. The van der Waals surface area contributed by atoms with Crippen molar-refractivity contribution in [3.63, 3.8) is 0 Å². The van der Waals surface area contributed by atoms with Crippen molar-refractivity contribution in [1.82, 2.24) is 30.7 Å². The maximum absolute atomic E-state index is 14.1. The summed E-state index contributed by atoms with van der Waals surface area (Å²) in [5.74, 6) is 0.760. The maximum Gasteiger partial charge on any atom is 0.312 e. The van der Waals surface area contributed by atoms with E-state index in [-0.39, 0.29) is 153 Å². The average Bonchev–Trinajstić information content (AvgIpc) is 0.679. The molecule has 17 rings (SSSR count). The van der Waals surface area contributed by atoms with E-state index in [1.54, 1.807) is 27.5 Å². The van der Waals surface area contributed by atoms with Crippen molar-refractivity contribution >= 4 is 53.0 Å². The Morgan fingerprint density at radius 1 is 0.419 bits per heavy atom. The molecule has 1 saturated heterocycles. The molecule has 19 nitrogen and oxygen atoms in total. The van der Waals surface area contributed by atoms with E-state index >= 15 is 0 Å². The molecule has 13 fully saturated rings. The summed E-state index contributed by atoms with van der Waals surface area (Å²) in [6, 6.07) is 3.93. The van der Waals surface area contributed by atoms with Crippen molar-refractivity contribution in [3.05, 3.63) is 65.0 Å². The molecule has 24 atom stereocenters. The van der Waals surface area contributed by atoms with Crippen LogP contribution in [0.25, 0.3) is 0 Å². The van der Waals surface area contributed by atoms with E-state index < -0.39 is 50.2 Å². The molecule has 0 spiro atoms. The first-order valence-corrected chi connectivity index (χ1v) is 54.3. The Morgan fingerprint density at radius 3 is 1.06 bits per heavy atom. The van der Waals surface area contributed by atoms with Crippen LogP contribution in [0.15, 0.2) is 59.5 Å². The highest BCUT2D eigenvalue weighted by Gasteiger charge is 2.76. The minimum absolute atomic E-state index is 0.00705. The molecule has 19 heteroatoms. The molecule has 0 radical (unpaired) electrons. The highest BCUT2D eigenvalue weighted by atomic mass is 16.5. The monoisotopic (exact) mass is 1880 g/mol. The summed E-state index contributed by atoms with van der Waals surface area (Å²) in [4.78, 5) is 133. The maximum atomic E-state index is 14.1. The van der Waals surface area contributed by atoms with Crippen LogP contribution in [-0.4, -0.2) is 161 Å². The quantitative estimate of drug-likeness (QED) is 0.0383. The second-order valence-electron chi connectivity index (χ2n) is 53.8. The Hall–Kier alpha value is -5.92.